The van der Waals surface area contributed by atoms with Crippen molar-refractivity contribution >= 4 is 26.9 Å². The van der Waals surface area contributed by atoms with Crippen LogP contribution in [0.25, 0.3) is 16.8 Å². The third-order valence-corrected chi connectivity index (χ3v) is 6.34. The molecule has 2 aromatic heterocycles. The number of anilines is 2. The minimum absolute atomic E-state index is 0.270. The summed E-state index contributed by atoms with van der Waals surface area (Å²) in [6, 6.07) is 8.79. The molecule has 1 aromatic carbocycles. The van der Waals surface area contributed by atoms with Crippen LogP contribution >= 0.6 is 0 Å². The number of hydrogen-bond donors (Lipinski definition) is 2. The molecule has 1 unspecified atom stereocenters. The quantitative estimate of drug-likeness (QED) is 0.686. The number of hydrogen-bond acceptors (Lipinski definition) is 7. The molecule has 0 radical (unpaired) electrons. The smallest absolute Gasteiger partial charge is 0.175 e. The van der Waals surface area contributed by atoms with E-state index in [1.54, 1.807) is 28.8 Å². The Morgan fingerprint density at radius 2 is 1.93 bits per heavy atom. The second-order valence-corrected chi connectivity index (χ2v) is 9.81. The van der Waals surface area contributed by atoms with E-state index in [4.69, 9.17) is 11.5 Å². The molecule has 3 heterocycles. The van der Waals surface area contributed by atoms with Crippen molar-refractivity contribution in [1.82, 2.24) is 14.6 Å². The molecule has 8 nitrogen and oxygen atoms in total. The molecule has 0 bridgehead atoms. The Hall–Kier alpha value is -2.65. The summed E-state index contributed by atoms with van der Waals surface area (Å²) in [6.07, 6.45) is 4.59. The summed E-state index contributed by atoms with van der Waals surface area (Å²) in [5.74, 6) is 0.397. The van der Waals surface area contributed by atoms with E-state index in [1.807, 2.05) is 6.07 Å². The van der Waals surface area contributed by atoms with Gasteiger partial charge in [0.2, 0.25) is 0 Å². The van der Waals surface area contributed by atoms with E-state index in [0.29, 0.717) is 12.4 Å². The fourth-order valence-electron chi connectivity index (χ4n) is 3.84. The van der Waals surface area contributed by atoms with Crippen LogP contribution in [0.2, 0.25) is 0 Å². The molecule has 1 aliphatic rings. The Morgan fingerprint density at radius 3 is 2.57 bits per heavy atom. The van der Waals surface area contributed by atoms with E-state index in [-0.39, 0.29) is 10.4 Å². The zero-order chi connectivity index (χ0) is 20.1. The van der Waals surface area contributed by atoms with Crippen LogP contribution < -0.4 is 16.4 Å². The molecule has 28 heavy (non-hydrogen) atoms. The molecule has 1 saturated heterocycles. The van der Waals surface area contributed by atoms with Crippen molar-refractivity contribution in [3.05, 3.63) is 36.7 Å². The zero-order valence-corrected chi connectivity index (χ0v) is 16.8. The minimum Gasteiger partial charge on any atom is -0.382 e. The second-order valence-electron chi connectivity index (χ2n) is 7.80. The first-order chi connectivity index (χ1) is 13.2. The topological polar surface area (TPSA) is 120 Å². The van der Waals surface area contributed by atoms with Gasteiger partial charge in [0.05, 0.1) is 16.3 Å². The first-order valence-corrected chi connectivity index (χ1v) is 11.0. The Morgan fingerprint density at radius 1 is 1.21 bits per heavy atom. The van der Waals surface area contributed by atoms with E-state index in [9.17, 15) is 8.42 Å². The van der Waals surface area contributed by atoms with Crippen LogP contribution in [-0.4, -0.2) is 47.9 Å². The highest BCUT2D eigenvalue weighted by atomic mass is 32.2. The van der Waals surface area contributed by atoms with Crippen LogP contribution in [-0.2, 0) is 9.84 Å². The summed E-state index contributed by atoms with van der Waals surface area (Å²) in [6.45, 7) is 3.66. The highest BCUT2D eigenvalue weighted by molar-refractivity contribution is 7.90. The van der Waals surface area contributed by atoms with E-state index in [0.717, 1.165) is 41.8 Å². The number of nitrogens with zero attached hydrogens (tertiary/aromatic N) is 4. The molecule has 0 spiro atoms. The van der Waals surface area contributed by atoms with Gasteiger partial charge in [0.1, 0.15) is 11.8 Å². The summed E-state index contributed by atoms with van der Waals surface area (Å²) >= 11 is 0. The SMILES string of the molecule is CC1(N)CCCN(c2cc(-c3ccc(S(C)(=O)=O)cc3)n3ncnc(N)c23)C1. The molecule has 3 aromatic rings. The van der Waals surface area contributed by atoms with Gasteiger partial charge >= 0.3 is 0 Å². The Kier molecular flexibility index (Phi) is 4.31. The molecular formula is C19H24N6O2S. The fraction of sp³-hybridized carbons (Fsp3) is 0.368. The maximum Gasteiger partial charge on any atom is 0.175 e. The number of piperidine rings is 1. The molecule has 9 heteroatoms. The van der Waals surface area contributed by atoms with Gasteiger partial charge < -0.3 is 16.4 Å². The lowest BCUT2D eigenvalue weighted by Crippen LogP contribution is -2.52. The van der Waals surface area contributed by atoms with E-state index in [1.165, 1.54) is 12.6 Å². The predicted molar refractivity (Wildman–Crippen MR) is 110 cm³/mol. The largest absolute Gasteiger partial charge is 0.382 e. The van der Waals surface area contributed by atoms with Crippen molar-refractivity contribution in [2.24, 2.45) is 5.73 Å². The van der Waals surface area contributed by atoms with Gasteiger partial charge in [-0.2, -0.15) is 5.10 Å². The highest BCUT2D eigenvalue weighted by Crippen LogP contribution is 2.36. The van der Waals surface area contributed by atoms with Gasteiger partial charge in [-0.25, -0.2) is 17.9 Å². The molecular weight excluding hydrogens is 376 g/mol. The van der Waals surface area contributed by atoms with Crippen LogP contribution in [0.1, 0.15) is 19.8 Å². The number of benzene rings is 1. The molecule has 0 saturated carbocycles. The second kappa shape index (κ2) is 6.46. The average Bonchev–Trinajstić information content (AvgIpc) is 3.01. The minimum atomic E-state index is -3.25. The number of aromatic nitrogens is 3. The Balaban J connectivity index is 1.85. The molecule has 1 atom stereocenters. The average molecular weight is 401 g/mol. The van der Waals surface area contributed by atoms with Gasteiger partial charge in [-0.05, 0) is 38.0 Å². The van der Waals surface area contributed by atoms with Crippen LogP contribution in [0.5, 0.6) is 0 Å². The number of sulfone groups is 1. The lowest BCUT2D eigenvalue weighted by atomic mass is 9.92. The van der Waals surface area contributed by atoms with E-state index < -0.39 is 9.84 Å². The zero-order valence-electron chi connectivity index (χ0n) is 16.0. The summed E-state index contributed by atoms with van der Waals surface area (Å²) in [7, 11) is -3.25. The van der Waals surface area contributed by atoms with E-state index >= 15 is 0 Å². The van der Waals surface area contributed by atoms with Gasteiger partial charge in [0.25, 0.3) is 0 Å². The Bertz CT molecular complexity index is 1140. The summed E-state index contributed by atoms with van der Waals surface area (Å²) in [5.41, 5.74) is 15.7. The van der Waals surface area contributed by atoms with Gasteiger partial charge in [0.15, 0.2) is 15.7 Å². The molecule has 1 aliphatic heterocycles. The van der Waals surface area contributed by atoms with Crippen LogP contribution in [0, 0.1) is 0 Å². The molecule has 4 rings (SSSR count). The van der Waals surface area contributed by atoms with Gasteiger partial charge in [-0.15, -0.1) is 0 Å². The van der Waals surface area contributed by atoms with Gasteiger partial charge in [-0.3, -0.25) is 0 Å². The molecule has 4 N–H and O–H groups in total. The third kappa shape index (κ3) is 3.31. The first kappa shape index (κ1) is 18.7. The van der Waals surface area contributed by atoms with Crippen molar-refractivity contribution in [2.45, 2.75) is 30.2 Å². The number of nitrogen functional groups attached to an aromatic ring is 1. The van der Waals surface area contributed by atoms with Gasteiger partial charge in [0, 0.05) is 30.4 Å². The molecule has 0 amide bonds. The van der Waals surface area contributed by atoms with Crippen molar-refractivity contribution in [2.75, 3.05) is 30.0 Å². The number of fused-ring (bicyclic) bond motifs is 1. The maximum absolute atomic E-state index is 11.7. The van der Waals surface area contributed by atoms with Crippen LogP contribution in [0.15, 0.2) is 41.6 Å². The normalized spacial score (nSPS) is 20.6. The van der Waals surface area contributed by atoms with Crippen molar-refractivity contribution in [3.8, 4) is 11.3 Å². The summed E-state index contributed by atoms with van der Waals surface area (Å²) in [5, 5.41) is 4.39. The summed E-state index contributed by atoms with van der Waals surface area (Å²) < 4.78 is 25.3. The molecule has 0 aliphatic carbocycles. The van der Waals surface area contributed by atoms with Gasteiger partial charge in [-0.1, -0.05) is 12.1 Å². The van der Waals surface area contributed by atoms with Crippen LogP contribution in [0.3, 0.4) is 0 Å². The number of nitrogens with two attached hydrogens (primary N) is 2. The Labute approximate surface area is 164 Å². The lowest BCUT2D eigenvalue weighted by molar-refractivity contribution is 0.375. The molecule has 148 valence electrons. The molecule has 1 fully saturated rings. The van der Waals surface area contributed by atoms with Crippen molar-refractivity contribution < 1.29 is 8.42 Å². The third-order valence-electron chi connectivity index (χ3n) is 5.21. The maximum atomic E-state index is 11.7. The monoisotopic (exact) mass is 400 g/mol. The van der Waals surface area contributed by atoms with Crippen LogP contribution in [0.4, 0.5) is 11.5 Å². The van der Waals surface area contributed by atoms with Crippen molar-refractivity contribution in [3.63, 3.8) is 0 Å². The summed E-state index contributed by atoms with van der Waals surface area (Å²) in [4.78, 5) is 6.67. The van der Waals surface area contributed by atoms with Crippen molar-refractivity contribution in [1.29, 1.82) is 0 Å². The fourth-order valence-corrected chi connectivity index (χ4v) is 4.47. The first-order valence-electron chi connectivity index (χ1n) is 9.12. The van der Waals surface area contributed by atoms with E-state index in [2.05, 4.69) is 21.9 Å². The highest BCUT2D eigenvalue weighted by Gasteiger charge is 2.29. The number of rotatable bonds is 3. The lowest BCUT2D eigenvalue weighted by Gasteiger charge is -2.38. The standard InChI is InChI=1S/C19H24N6O2S/c1-19(21)8-3-9-24(11-19)16-10-15(25-17(16)18(20)22-12-23-25)13-4-6-14(7-5-13)28(2,26)27/h4-7,10,12H,3,8-9,11,21H2,1-2H3,(H2,20,22,23). The predicted octanol–water partition coefficient (Wildman–Crippen LogP) is 1.70.